The molecule has 0 saturated heterocycles. The van der Waals surface area contributed by atoms with Crippen molar-refractivity contribution in [2.75, 3.05) is 0 Å². The molecular formula is C12H11NO4. The molecule has 17 heavy (non-hydrogen) atoms. The van der Waals surface area contributed by atoms with E-state index in [4.69, 9.17) is 9.52 Å². The van der Waals surface area contributed by atoms with Crippen LogP contribution in [-0.2, 0) is 0 Å². The molecule has 0 unspecified atom stereocenters. The van der Waals surface area contributed by atoms with E-state index < -0.39 is 6.16 Å². The molecule has 0 amide bonds. The number of carbonyl (C=O) groups is 1. The molecular weight excluding hydrogens is 222 g/mol. The first-order valence-corrected chi connectivity index (χ1v) is 5.01. The summed E-state index contributed by atoms with van der Waals surface area (Å²) in [6.07, 6.45) is -1.41. The standard InChI is InChI=1S/C12H11NO4/c1-7-4-3-5-9(6-7)10-11(17-12(14)15)13-8(2)16-10/h3-6H,1-2H3,(H,14,15). The Morgan fingerprint density at radius 3 is 2.82 bits per heavy atom. The highest BCUT2D eigenvalue weighted by atomic mass is 16.7. The first-order chi connectivity index (χ1) is 8.06. The SMILES string of the molecule is Cc1cccc(-c2oc(C)nc2OC(=O)O)c1. The van der Waals surface area contributed by atoms with Gasteiger partial charge in [0.2, 0.25) is 0 Å². The summed E-state index contributed by atoms with van der Waals surface area (Å²) in [7, 11) is 0. The summed E-state index contributed by atoms with van der Waals surface area (Å²) >= 11 is 0. The van der Waals surface area contributed by atoms with Gasteiger partial charge < -0.3 is 14.3 Å². The number of benzene rings is 1. The van der Waals surface area contributed by atoms with Gasteiger partial charge in [-0.25, -0.2) is 4.79 Å². The molecule has 1 heterocycles. The lowest BCUT2D eigenvalue weighted by molar-refractivity contribution is 0.143. The molecule has 88 valence electrons. The highest BCUT2D eigenvalue weighted by molar-refractivity contribution is 5.68. The molecule has 0 radical (unpaired) electrons. The van der Waals surface area contributed by atoms with Crippen molar-refractivity contribution in [3.8, 4) is 17.2 Å². The Labute approximate surface area is 97.7 Å². The zero-order valence-electron chi connectivity index (χ0n) is 9.43. The zero-order chi connectivity index (χ0) is 12.4. The molecule has 0 spiro atoms. The first kappa shape index (κ1) is 11.2. The van der Waals surface area contributed by atoms with Gasteiger partial charge >= 0.3 is 6.16 Å². The van der Waals surface area contributed by atoms with Gasteiger partial charge in [0.15, 0.2) is 11.7 Å². The summed E-state index contributed by atoms with van der Waals surface area (Å²) in [6, 6.07) is 7.47. The molecule has 1 aromatic carbocycles. The minimum absolute atomic E-state index is 0.0272. The third-order valence-electron chi connectivity index (χ3n) is 2.17. The molecule has 1 N–H and O–H groups in total. The van der Waals surface area contributed by atoms with Crippen LogP contribution in [0.4, 0.5) is 4.79 Å². The Morgan fingerprint density at radius 2 is 2.18 bits per heavy atom. The lowest BCUT2D eigenvalue weighted by atomic mass is 10.1. The van der Waals surface area contributed by atoms with Crippen molar-refractivity contribution in [3.63, 3.8) is 0 Å². The minimum Gasteiger partial charge on any atom is -0.449 e. The Bertz CT molecular complexity index is 559. The van der Waals surface area contributed by atoms with Crippen LogP contribution < -0.4 is 4.74 Å². The second-order valence-corrected chi connectivity index (χ2v) is 3.60. The highest BCUT2D eigenvalue weighted by Gasteiger charge is 2.17. The van der Waals surface area contributed by atoms with Gasteiger partial charge in [0.1, 0.15) is 0 Å². The van der Waals surface area contributed by atoms with Crippen molar-refractivity contribution in [1.82, 2.24) is 4.98 Å². The van der Waals surface area contributed by atoms with E-state index in [1.165, 1.54) is 0 Å². The van der Waals surface area contributed by atoms with E-state index >= 15 is 0 Å². The van der Waals surface area contributed by atoms with Crippen LogP contribution in [0.25, 0.3) is 11.3 Å². The van der Waals surface area contributed by atoms with Gasteiger partial charge in [0.25, 0.3) is 5.88 Å². The summed E-state index contributed by atoms with van der Waals surface area (Å²) in [6.45, 7) is 3.57. The second-order valence-electron chi connectivity index (χ2n) is 3.60. The lowest BCUT2D eigenvalue weighted by Gasteiger charge is -2.00. The number of aromatic nitrogens is 1. The predicted molar refractivity (Wildman–Crippen MR) is 60.1 cm³/mol. The van der Waals surface area contributed by atoms with Gasteiger partial charge in [-0.15, -0.1) is 0 Å². The number of carboxylic acid groups (broad SMARTS) is 1. The van der Waals surface area contributed by atoms with Crippen LogP contribution in [-0.4, -0.2) is 16.2 Å². The van der Waals surface area contributed by atoms with Gasteiger partial charge in [-0.2, -0.15) is 4.98 Å². The molecule has 0 bridgehead atoms. The van der Waals surface area contributed by atoms with Crippen LogP contribution in [0.1, 0.15) is 11.5 Å². The summed E-state index contributed by atoms with van der Waals surface area (Å²) in [5, 5.41) is 8.60. The third kappa shape index (κ3) is 2.44. The van der Waals surface area contributed by atoms with Crippen LogP contribution in [0.2, 0.25) is 0 Å². The summed E-state index contributed by atoms with van der Waals surface area (Å²) in [5.74, 6) is 0.659. The molecule has 0 saturated carbocycles. The molecule has 0 aliphatic carbocycles. The molecule has 5 nitrogen and oxygen atoms in total. The Morgan fingerprint density at radius 1 is 1.41 bits per heavy atom. The fourth-order valence-electron chi connectivity index (χ4n) is 1.53. The number of ether oxygens (including phenoxy) is 1. The maximum Gasteiger partial charge on any atom is 0.512 e. The van der Waals surface area contributed by atoms with Crippen LogP contribution in [0.3, 0.4) is 0 Å². The number of nitrogens with zero attached hydrogens (tertiary/aromatic N) is 1. The number of rotatable bonds is 2. The van der Waals surface area contributed by atoms with Crippen molar-refractivity contribution < 1.29 is 19.1 Å². The molecule has 2 aromatic rings. The van der Waals surface area contributed by atoms with Gasteiger partial charge in [-0.3, -0.25) is 0 Å². The fraction of sp³-hybridized carbons (Fsp3) is 0.167. The number of oxazole rings is 1. The van der Waals surface area contributed by atoms with Crippen LogP contribution in [0, 0.1) is 13.8 Å². The molecule has 1 aromatic heterocycles. The summed E-state index contributed by atoms with van der Waals surface area (Å²) < 4.78 is 9.93. The van der Waals surface area contributed by atoms with E-state index in [1.807, 2.05) is 31.2 Å². The topological polar surface area (TPSA) is 72.6 Å². The smallest absolute Gasteiger partial charge is 0.449 e. The maximum atomic E-state index is 10.5. The van der Waals surface area contributed by atoms with Crippen molar-refractivity contribution in [2.45, 2.75) is 13.8 Å². The quantitative estimate of drug-likeness (QED) is 0.807. The van der Waals surface area contributed by atoms with Gasteiger partial charge in [-0.1, -0.05) is 23.8 Å². The number of aryl methyl sites for hydroxylation is 2. The molecule has 2 rings (SSSR count). The van der Waals surface area contributed by atoms with Crippen molar-refractivity contribution in [3.05, 3.63) is 35.7 Å². The number of hydrogen-bond acceptors (Lipinski definition) is 4. The number of hydrogen-bond donors (Lipinski definition) is 1. The van der Waals surface area contributed by atoms with Crippen molar-refractivity contribution >= 4 is 6.16 Å². The van der Waals surface area contributed by atoms with Gasteiger partial charge in [0.05, 0.1) is 0 Å². The lowest BCUT2D eigenvalue weighted by Crippen LogP contribution is -2.04. The van der Waals surface area contributed by atoms with Crippen molar-refractivity contribution in [2.24, 2.45) is 0 Å². The molecule has 0 atom stereocenters. The summed E-state index contributed by atoms with van der Waals surface area (Å²) in [4.78, 5) is 14.4. The second kappa shape index (κ2) is 4.29. The molecule has 0 aliphatic heterocycles. The van der Waals surface area contributed by atoms with E-state index in [9.17, 15) is 4.79 Å². The van der Waals surface area contributed by atoms with Crippen LogP contribution in [0.5, 0.6) is 5.88 Å². The first-order valence-electron chi connectivity index (χ1n) is 5.01. The fourth-order valence-corrected chi connectivity index (χ4v) is 1.53. The monoisotopic (exact) mass is 233 g/mol. The predicted octanol–water partition coefficient (Wildman–Crippen LogP) is 3.02. The largest absolute Gasteiger partial charge is 0.512 e. The third-order valence-corrected chi connectivity index (χ3v) is 2.17. The molecule has 0 aliphatic rings. The van der Waals surface area contributed by atoms with Crippen molar-refractivity contribution in [1.29, 1.82) is 0 Å². The Hall–Kier alpha value is -2.30. The Kier molecular flexibility index (Phi) is 2.82. The maximum absolute atomic E-state index is 10.5. The van der Waals surface area contributed by atoms with E-state index in [0.717, 1.165) is 11.1 Å². The molecule has 0 fully saturated rings. The summed E-state index contributed by atoms with van der Waals surface area (Å²) in [5.41, 5.74) is 1.78. The van der Waals surface area contributed by atoms with E-state index in [0.29, 0.717) is 11.7 Å². The van der Waals surface area contributed by atoms with Crippen LogP contribution in [0.15, 0.2) is 28.7 Å². The Balaban J connectivity index is 2.47. The average Bonchev–Trinajstić information content (AvgIpc) is 2.58. The van der Waals surface area contributed by atoms with E-state index in [2.05, 4.69) is 9.72 Å². The van der Waals surface area contributed by atoms with Crippen LogP contribution >= 0.6 is 0 Å². The van der Waals surface area contributed by atoms with Gasteiger partial charge in [0, 0.05) is 12.5 Å². The average molecular weight is 233 g/mol. The normalized spacial score (nSPS) is 10.2. The minimum atomic E-state index is -1.41. The molecule has 5 heteroatoms. The van der Waals surface area contributed by atoms with Gasteiger partial charge in [-0.05, 0) is 13.0 Å². The highest BCUT2D eigenvalue weighted by Crippen LogP contribution is 2.31. The van der Waals surface area contributed by atoms with E-state index in [-0.39, 0.29) is 5.88 Å². The zero-order valence-corrected chi connectivity index (χ0v) is 9.43. The van der Waals surface area contributed by atoms with E-state index in [1.54, 1.807) is 6.92 Å².